The topological polar surface area (TPSA) is 83.5 Å². The van der Waals surface area contributed by atoms with Gasteiger partial charge in [0, 0.05) is 17.7 Å². The molecule has 0 aliphatic carbocycles. The summed E-state index contributed by atoms with van der Waals surface area (Å²) in [7, 11) is 0. The van der Waals surface area contributed by atoms with E-state index in [1.807, 2.05) is 27.7 Å². The second-order valence-electron chi connectivity index (χ2n) is 5.09. The van der Waals surface area contributed by atoms with Crippen LogP contribution >= 0.6 is 0 Å². The molecule has 0 amide bonds. The largest absolute Gasteiger partial charge is 0.491 e. The Morgan fingerprint density at radius 1 is 1.32 bits per heavy atom. The number of nitrogens with zero attached hydrogens (tertiary/aromatic N) is 2. The van der Waals surface area contributed by atoms with Crippen LogP contribution in [-0.2, 0) is 6.54 Å². The normalized spacial score (nSPS) is 13.1. The maximum Gasteiger partial charge on any atom is 0.416 e. The van der Waals surface area contributed by atoms with Crippen LogP contribution in [0, 0.1) is 6.92 Å². The van der Waals surface area contributed by atoms with Gasteiger partial charge < -0.3 is 14.7 Å². The lowest BCUT2D eigenvalue weighted by Gasteiger charge is -2.00. The van der Waals surface area contributed by atoms with Gasteiger partial charge in [0.25, 0.3) is 5.88 Å². The van der Waals surface area contributed by atoms with Gasteiger partial charge in [0.15, 0.2) is 5.76 Å². The molecule has 2 aromatic rings. The summed E-state index contributed by atoms with van der Waals surface area (Å²) in [5.74, 6) is 1.37. The van der Waals surface area contributed by atoms with Crippen molar-refractivity contribution in [1.82, 2.24) is 5.16 Å². The summed E-state index contributed by atoms with van der Waals surface area (Å²) in [6, 6.07) is 1.46. The van der Waals surface area contributed by atoms with Gasteiger partial charge in [0.2, 0.25) is 6.54 Å². The van der Waals surface area contributed by atoms with Crippen molar-refractivity contribution in [2.24, 2.45) is 0 Å². The first-order chi connectivity index (χ1) is 8.90. The molecular formula is C13H19N2O4+. The molecule has 0 bridgehead atoms. The third-order valence-electron chi connectivity index (χ3n) is 3.12. The maximum atomic E-state index is 10.2. The minimum atomic E-state index is -0.144. The van der Waals surface area contributed by atoms with Crippen LogP contribution in [0.25, 0.3) is 0 Å². The molecule has 19 heavy (non-hydrogen) atoms. The minimum Gasteiger partial charge on any atom is -0.491 e. The minimum absolute atomic E-state index is 0.0742. The first-order valence-electron chi connectivity index (χ1n) is 6.28. The molecule has 0 fully saturated rings. The Hall–Kier alpha value is -1.98. The van der Waals surface area contributed by atoms with E-state index in [9.17, 15) is 5.11 Å². The monoisotopic (exact) mass is 267 g/mol. The number of aryl methyl sites for hydroxylation is 1. The predicted octanol–water partition coefficient (Wildman–Crippen LogP) is 2.20. The van der Waals surface area contributed by atoms with Gasteiger partial charge in [-0.1, -0.05) is 13.8 Å². The fourth-order valence-electron chi connectivity index (χ4n) is 2.19. The summed E-state index contributed by atoms with van der Waals surface area (Å²) in [5.41, 5.74) is 0.813. The zero-order chi connectivity index (χ0) is 14.2. The van der Waals surface area contributed by atoms with Crippen molar-refractivity contribution >= 4 is 0 Å². The zero-order valence-electron chi connectivity index (χ0n) is 11.5. The predicted molar refractivity (Wildman–Crippen MR) is 66.0 cm³/mol. The standard InChI is InChI=1S/C13H18N2O4/c1-7(2)12-9(4)19-15(13(12)17)6-8(3)10-5-11(16)14-18-10/h5,7-8H,6H2,1-4H3,(H,14,16)/p+1. The summed E-state index contributed by atoms with van der Waals surface area (Å²) in [5, 5.41) is 22.7. The molecule has 0 saturated heterocycles. The molecule has 1 atom stereocenters. The van der Waals surface area contributed by atoms with Crippen LogP contribution < -0.4 is 4.74 Å². The SMILES string of the molecule is Cc1o[n+](CC(C)c2cc(O)no2)c(O)c1C(C)C. The van der Waals surface area contributed by atoms with E-state index < -0.39 is 0 Å². The van der Waals surface area contributed by atoms with E-state index in [-0.39, 0.29) is 23.6 Å². The first-order valence-corrected chi connectivity index (χ1v) is 6.28. The van der Waals surface area contributed by atoms with Crippen molar-refractivity contribution in [2.45, 2.75) is 46.1 Å². The lowest BCUT2D eigenvalue weighted by molar-refractivity contribution is -0.868. The van der Waals surface area contributed by atoms with Crippen molar-refractivity contribution in [2.75, 3.05) is 0 Å². The molecule has 104 valence electrons. The molecular weight excluding hydrogens is 248 g/mol. The van der Waals surface area contributed by atoms with E-state index in [4.69, 9.17) is 14.2 Å². The molecule has 0 saturated carbocycles. The van der Waals surface area contributed by atoms with Crippen LogP contribution in [0.4, 0.5) is 0 Å². The van der Waals surface area contributed by atoms with Gasteiger partial charge in [-0.3, -0.25) is 0 Å². The zero-order valence-corrected chi connectivity index (χ0v) is 11.5. The van der Waals surface area contributed by atoms with Crippen molar-refractivity contribution < 1.29 is 24.0 Å². The molecule has 0 aliphatic rings. The third kappa shape index (κ3) is 2.57. The Labute approximate surface area is 111 Å². The Morgan fingerprint density at radius 2 is 2.00 bits per heavy atom. The molecule has 1 unspecified atom stereocenters. The summed E-state index contributed by atoms with van der Waals surface area (Å²) in [6.45, 7) is 8.14. The van der Waals surface area contributed by atoms with Crippen LogP contribution in [0.1, 0.15) is 49.7 Å². The third-order valence-corrected chi connectivity index (χ3v) is 3.12. The number of rotatable bonds is 4. The van der Waals surface area contributed by atoms with E-state index in [1.165, 1.54) is 10.8 Å². The second kappa shape index (κ2) is 4.95. The molecule has 2 rings (SSSR count). The first kappa shape index (κ1) is 13.5. The van der Waals surface area contributed by atoms with Crippen LogP contribution in [0.5, 0.6) is 11.8 Å². The Kier molecular flexibility index (Phi) is 3.50. The van der Waals surface area contributed by atoms with E-state index in [2.05, 4.69) is 5.16 Å². The molecule has 0 spiro atoms. The van der Waals surface area contributed by atoms with Crippen molar-refractivity contribution in [1.29, 1.82) is 0 Å². The highest BCUT2D eigenvalue weighted by Crippen LogP contribution is 2.28. The highest BCUT2D eigenvalue weighted by molar-refractivity contribution is 5.26. The molecule has 0 radical (unpaired) electrons. The maximum absolute atomic E-state index is 10.2. The van der Waals surface area contributed by atoms with Crippen LogP contribution in [0.15, 0.2) is 15.1 Å². The van der Waals surface area contributed by atoms with Gasteiger partial charge in [0.1, 0.15) is 11.3 Å². The summed E-state index contributed by atoms with van der Waals surface area (Å²) in [4.78, 5) is 0. The Balaban J connectivity index is 2.22. The molecule has 2 aromatic heterocycles. The highest BCUT2D eigenvalue weighted by Gasteiger charge is 2.30. The second-order valence-corrected chi connectivity index (χ2v) is 5.09. The van der Waals surface area contributed by atoms with Gasteiger partial charge >= 0.3 is 5.88 Å². The number of hydrogen-bond acceptors (Lipinski definition) is 5. The lowest BCUT2D eigenvalue weighted by Crippen LogP contribution is -2.34. The Bertz CT molecular complexity index is 571. The quantitative estimate of drug-likeness (QED) is 0.830. The molecule has 0 aliphatic heterocycles. The number of aromatic nitrogens is 2. The molecule has 2 heterocycles. The van der Waals surface area contributed by atoms with E-state index in [1.54, 1.807) is 0 Å². The van der Waals surface area contributed by atoms with Crippen LogP contribution in [0.2, 0.25) is 0 Å². The smallest absolute Gasteiger partial charge is 0.416 e. The van der Waals surface area contributed by atoms with Gasteiger partial charge in [-0.05, 0) is 18.0 Å². The van der Waals surface area contributed by atoms with E-state index >= 15 is 0 Å². The van der Waals surface area contributed by atoms with Crippen LogP contribution in [-0.4, -0.2) is 15.4 Å². The molecule has 6 heteroatoms. The number of aromatic hydroxyl groups is 2. The van der Waals surface area contributed by atoms with Crippen molar-refractivity contribution in [3.8, 4) is 11.8 Å². The van der Waals surface area contributed by atoms with Gasteiger partial charge in [-0.15, -0.1) is 0 Å². The molecule has 6 nitrogen and oxygen atoms in total. The average Bonchev–Trinajstić information content (AvgIpc) is 2.84. The van der Waals surface area contributed by atoms with Gasteiger partial charge in [-0.25, -0.2) is 4.52 Å². The summed E-state index contributed by atoms with van der Waals surface area (Å²) < 4.78 is 12.0. The molecule has 0 aromatic carbocycles. The number of hydrogen-bond donors (Lipinski definition) is 2. The van der Waals surface area contributed by atoms with E-state index in [0.717, 1.165) is 5.56 Å². The summed E-state index contributed by atoms with van der Waals surface area (Å²) >= 11 is 0. The van der Waals surface area contributed by atoms with Crippen molar-refractivity contribution in [3.05, 3.63) is 23.2 Å². The summed E-state index contributed by atoms with van der Waals surface area (Å²) in [6.07, 6.45) is 0. The lowest BCUT2D eigenvalue weighted by atomic mass is 10.0. The fourth-order valence-corrected chi connectivity index (χ4v) is 2.19. The average molecular weight is 267 g/mol. The van der Waals surface area contributed by atoms with Gasteiger partial charge in [-0.2, -0.15) is 0 Å². The molecule has 2 N–H and O–H groups in total. The Morgan fingerprint density at radius 3 is 2.47 bits per heavy atom. The van der Waals surface area contributed by atoms with E-state index in [0.29, 0.717) is 18.1 Å². The van der Waals surface area contributed by atoms with Crippen molar-refractivity contribution in [3.63, 3.8) is 0 Å². The van der Waals surface area contributed by atoms with Crippen LogP contribution in [0.3, 0.4) is 0 Å². The highest BCUT2D eigenvalue weighted by atomic mass is 16.5. The van der Waals surface area contributed by atoms with Gasteiger partial charge in [0.05, 0.1) is 5.92 Å². The fraction of sp³-hybridized carbons (Fsp3) is 0.538.